The number of aromatic nitrogens is 2. The molecule has 2 heterocycles. The minimum atomic E-state index is -5.04. The third kappa shape index (κ3) is 5.91. The van der Waals surface area contributed by atoms with Gasteiger partial charge in [-0.05, 0) is 55.7 Å². The second kappa shape index (κ2) is 10.7. The van der Waals surface area contributed by atoms with Gasteiger partial charge in [-0.1, -0.05) is 24.3 Å². The van der Waals surface area contributed by atoms with Gasteiger partial charge in [-0.25, -0.2) is 4.98 Å². The van der Waals surface area contributed by atoms with Crippen molar-refractivity contribution >= 4 is 17.7 Å². The van der Waals surface area contributed by atoms with E-state index in [-0.39, 0.29) is 11.9 Å². The van der Waals surface area contributed by atoms with Crippen LogP contribution in [0.5, 0.6) is 0 Å². The summed E-state index contributed by atoms with van der Waals surface area (Å²) in [5, 5.41) is 0. The van der Waals surface area contributed by atoms with E-state index in [2.05, 4.69) is 9.97 Å². The Balaban J connectivity index is 1.83. The Labute approximate surface area is 227 Å². The zero-order valence-electron chi connectivity index (χ0n) is 22.3. The number of benzene rings is 2. The lowest BCUT2D eigenvalue weighted by Gasteiger charge is -2.32. The van der Waals surface area contributed by atoms with Crippen LogP contribution in [0.25, 0.3) is 11.1 Å². The number of nitrogens with zero attached hydrogens (tertiary/aromatic N) is 4. The molecule has 214 valence electrons. The van der Waals surface area contributed by atoms with Crippen LogP contribution in [0.15, 0.2) is 48.7 Å². The standard InChI is InChI=1S/C28H28F6N4O2/c1-17-7-5-6-8-21(17)22-16-35-25(38-9-11-40-12-10-38)36-23(22)37(4)24(39)26(2,3)18-13-19(27(29,30)31)15-20(14-18)28(32,33)34/h5-8,13-16H,9-12H2,1-4H3. The van der Waals surface area contributed by atoms with Gasteiger partial charge >= 0.3 is 12.4 Å². The number of halogens is 6. The lowest BCUT2D eigenvalue weighted by atomic mass is 9.81. The molecule has 1 aliphatic heterocycles. The van der Waals surface area contributed by atoms with E-state index in [1.165, 1.54) is 25.8 Å². The van der Waals surface area contributed by atoms with Gasteiger partial charge in [0, 0.05) is 31.9 Å². The molecular weight excluding hydrogens is 538 g/mol. The zero-order valence-corrected chi connectivity index (χ0v) is 22.3. The van der Waals surface area contributed by atoms with Crippen LogP contribution < -0.4 is 9.80 Å². The van der Waals surface area contributed by atoms with Crippen molar-refractivity contribution in [2.45, 2.75) is 38.5 Å². The first-order valence-electron chi connectivity index (χ1n) is 12.4. The minimum absolute atomic E-state index is 0.0447. The van der Waals surface area contributed by atoms with E-state index in [9.17, 15) is 31.1 Å². The summed E-state index contributed by atoms with van der Waals surface area (Å²) < 4.78 is 86.7. The molecule has 1 saturated heterocycles. The van der Waals surface area contributed by atoms with Crippen LogP contribution in [0.1, 0.15) is 36.1 Å². The van der Waals surface area contributed by atoms with Crippen molar-refractivity contribution in [2.24, 2.45) is 0 Å². The summed E-state index contributed by atoms with van der Waals surface area (Å²) >= 11 is 0. The van der Waals surface area contributed by atoms with Crippen molar-refractivity contribution < 1.29 is 35.9 Å². The maximum absolute atomic E-state index is 13.9. The molecule has 3 aromatic rings. The molecule has 0 radical (unpaired) electrons. The summed E-state index contributed by atoms with van der Waals surface area (Å²) in [5.74, 6) is -0.250. The highest BCUT2D eigenvalue weighted by Gasteiger charge is 2.41. The van der Waals surface area contributed by atoms with E-state index >= 15 is 0 Å². The van der Waals surface area contributed by atoms with E-state index in [0.717, 1.165) is 11.1 Å². The van der Waals surface area contributed by atoms with Gasteiger partial charge in [-0.2, -0.15) is 31.3 Å². The molecular formula is C28H28F6N4O2. The van der Waals surface area contributed by atoms with Crippen LogP contribution in [0.2, 0.25) is 0 Å². The summed E-state index contributed by atoms with van der Waals surface area (Å²) in [4.78, 5) is 26.1. The van der Waals surface area contributed by atoms with Gasteiger partial charge in [-0.3, -0.25) is 9.69 Å². The predicted molar refractivity (Wildman–Crippen MR) is 138 cm³/mol. The molecule has 1 aliphatic rings. The number of amides is 1. The van der Waals surface area contributed by atoms with E-state index in [4.69, 9.17) is 4.74 Å². The van der Waals surface area contributed by atoms with Crippen molar-refractivity contribution in [2.75, 3.05) is 43.2 Å². The Bertz CT molecular complexity index is 1370. The first kappa shape index (κ1) is 29.3. The maximum atomic E-state index is 13.9. The number of carbonyl (C=O) groups excluding carboxylic acids is 1. The van der Waals surface area contributed by atoms with E-state index in [0.29, 0.717) is 49.9 Å². The molecule has 0 saturated carbocycles. The van der Waals surface area contributed by atoms with Gasteiger partial charge in [0.15, 0.2) is 0 Å². The molecule has 6 nitrogen and oxygen atoms in total. The van der Waals surface area contributed by atoms with Gasteiger partial charge in [-0.15, -0.1) is 0 Å². The van der Waals surface area contributed by atoms with Gasteiger partial charge in [0.25, 0.3) is 0 Å². The largest absolute Gasteiger partial charge is 0.416 e. The van der Waals surface area contributed by atoms with E-state index in [1.54, 1.807) is 12.3 Å². The van der Waals surface area contributed by atoms with E-state index < -0.39 is 40.4 Å². The fourth-order valence-corrected chi connectivity index (χ4v) is 4.55. The third-order valence-corrected chi connectivity index (χ3v) is 6.95. The first-order chi connectivity index (χ1) is 18.6. The van der Waals surface area contributed by atoms with Crippen molar-refractivity contribution in [3.63, 3.8) is 0 Å². The lowest BCUT2D eigenvalue weighted by molar-refractivity contribution is -0.143. The summed E-state index contributed by atoms with van der Waals surface area (Å²) in [7, 11) is 1.40. The lowest BCUT2D eigenvalue weighted by Crippen LogP contribution is -2.43. The molecule has 40 heavy (non-hydrogen) atoms. The number of anilines is 2. The van der Waals surface area contributed by atoms with Gasteiger partial charge < -0.3 is 9.64 Å². The molecule has 4 rings (SSSR count). The number of hydrogen-bond acceptors (Lipinski definition) is 5. The molecule has 1 amide bonds. The molecule has 0 N–H and O–H groups in total. The molecule has 0 bridgehead atoms. The number of carbonyl (C=O) groups is 1. The highest BCUT2D eigenvalue weighted by molar-refractivity contribution is 6.02. The monoisotopic (exact) mass is 566 g/mol. The number of alkyl halides is 6. The van der Waals surface area contributed by atoms with Crippen LogP contribution >= 0.6 is 0 Å². The summed E-state index contributed by atoms with van der Waals surface area (Å²) in [6.45, 7) is 6.38. The number of hydrogen-bond donors (Lipinski definition) is 0. The second-order valence-corrected chi connectivity index (χ2v) is 10.1. The highest BCUT2D eigenvalue weighted by Crippen LogP contribution is 2.40. The fraction of sp³-hybridized carbons (Fsp3) is 0.393. The Morgan fingerprint density at radius 1 is 0.900 bits per heavy atom. The highest BCUT2D eigenvalue weighted by atomic mass is 19.4. The second-order valence-electron chi connectivity index (χ2n) is 10.1. The SMILES string of the molecule is Cc1ccccc1-c1cnc(N2CCOCC2)nc1N(C)C(=O)C(C)(C)c1cc(C(F)(F)F)cc(C(F)(F)F)c1. The molecule has 0 aliphatic carbocycles. The molecule has 1 fully saturated rings. The van der Waals surface area contributed by atoms with Crippen molar-refractivity contribution in [3.05, 3.63) is 70.9 Å². The number of ether oxygens (including phenoxy) is 1. The molecule has 0 atom stereocenters. The van der Waals surface area contributed by atoms with Crippen LogP contribution in [0.4, 0.5) is 38.1 Å². The quantitative estimate of drug-likeness (QED) is 0.341. The predicted octanol–water partition coefficient (Wildman–Crippen LogP) is 6.27. The summed E-state index contributed by atoms with van der Waals surface area (Å²) in [6.07, 6.45) is -8.52. The minimum Gasteiger partial charge on any atom is -0.378 e. The van der Waals surface area contributed by atoms with Crippen LogP contribution in [-0.4, -0.2) is 49.2 Å². The Hall–Kier alpha value is -3.67. The maximum Gasteiger partial charge on any atom is 0.416 e. The normalized spacial score (nSPS) is 14.8. The fourth-order valence-electron chi connectivity index (χ4n) is 4.55. The Morgan fingerprint density at radius 2 is 1.45 bits per heavy atom. The van der Waals surface area contributed by atoms with E-state index in [1.807, 2.05) is 30.0 Å². The number of aryl methyl sites for hydroxylation is 1. The average molecular weight is 567 g/mol. The third-order valence-electron chi connectivity index (χ3n) is 6.95. The molecule has 1 aromatic heterocycles. The molecule has 0 spiro atoms. The zero-order chi connectivity index (χ0) is 29.5. The van der Waals surface area contributed by atoms with Crippen LogP contribution in [0, 0.1) is 6.92 Å². The average Bonchev–Trinajstić information content (AvgIpc) is 2.91. The topological polar surface area (TPSA) is 58.6 Å². The molecule has 0 unspecified atom stereocenters. The summed E-state index contributed by atoms with van der Waals surface area (Å²) in [5.41, 5.74) is -3.12. The van der Waals surface area contributed by atoms with Crippen molar-refractivity contribution in [3.8, 4) is 11.1 Å². The van der Waals surface area contributed by atoms with Crippen LogP contribution in [-0.2, 0) is 27.3 Å². The number of likely N-dealkylation sites (N-methyl/N-ethyl adjacent to an activating group) is 1. The molecule has 2 aromatic carbocycles. The Morgan fingerprint density at radius 3 is 2.00 bits per heavy atom. The summed E-state index contributed by atoms with van der Waals surface area (Å²) in [6, 6.07) is 8.54. The van der Waals surface area contributed by atoms with Gasteiger partial charge in [0.05, 0.1) is 29.8 Å². The molecule has 12 heteroatoms. The smallest absolute Gasteiger partial charge is 0.378 e. The van der Waals surface area contributed by atoms with Crippen LogP contribution in [0.3, 0.4) is 0 Å². The first-order valence-corrected chi connectivity index (χ1v) is 12.4. The number of rotatable bonds is 5. The Kier molecular flexibility index (Phi) is 7.85. The number of morpholine rings is 1. The van der Waals surface area contributed by atoms with Crippen molar-refractivity contribution in [1.29, 1.82) is 0 Å². The van der Waals surface area contributed by atoms with Gasteiger partial charge in [0.2, 0.25) is 11.9 Å². The van der Waals surface area contributed by atoms with Crippen molar-refractivity contribution in [1.82, 2.24) is 9.97 Å². The van der Waals surface area contributed by atoms with Gasteiger partial charge in [0.1, 0.15) is 5.82 Å².